The summed E-state index contributed by atoms with van der Waals surface area (Å²) in [7, 11) is 3.93. The monoisotopic (exact) mass is 441 g/mol. The zero-order valence-electron chi connectivity index (χ0n) is 19.4. The molecule has 4 nitrogen and oxygen atoms in total. The van der Waals surface area contributed by atoms with Crippen LogP contribution in [0, 0.1) is 5.92 Å². The molecule has 0 spiro atoms. The molecule has 1 fully saturated rings. The second-order valence-electron chi connectivity index (χ2n) is 9.07. The lowest BCUT2D eigenvalue weighted by molar-refractivity contribution is -0.159. The van der Waals surface area contributed by atoms with Crippen LogP contribution in [0.25, 0.3) is 0 Å². The number of esters is 1. The van der Waals surface area contributed by atoms with Crippen molar-refractivity contribution in [2.45, 2.75) is 37.3 Å². The van der Waals surface area contributed by atoms with Crippen molar-refractivity contribution in [1.29, 1.82) is 0 Å². The van der Waals surface area contributed by atoms with Crippen LogP contribution in [0.1, 0.15) is 48.0 Å². The molecule has 0 bridgehead atoms. The number of Topliss-reactive ketones (excluding diaryl/α,β-unsaturated/α-hetero) is 1. The summed E-state index contributed by atoms with van der Waals surface area (Å²) in [6, 6.07) is 29.6. The summed E-state index contributed by atoms with van der Waals surface area (Å²) in [6.07, 6.45) is -0.128. The highest BCUT2D eigenvalue weighted by atomic mass is 16.5. The molecule has 0 unspecified atom stereocenters. The summed E-state index contributed by atoms with van der Waals surface area (Å²) in [6.45, 7) is 2.03. The van der Waals surface area contributed by atoms with Crippen molar-refractivity contribution in [2.75, 3.05) is 14.1 Å². The van der Waals surface area contributed by atoms with Crippen LogP contribution in [0.15, 0.2) is 91.0 Å². The second-order valence-corrected chi connectivity index (χ2v) is 9.07. The van der Waals surface area contributed by atoms with E-state index in [1.807, 2.05) is 117 Å². The highest BCUT2D eigenvalue weighted by Gasteiger charge is 2.49. The fourth-order valence-corrected chi connectivity index (χ4v) is 4.86. The minimum Gasteiger partial charge on any atom is -0.455 e. The summed E-state index contributed by atoms with van der Waals surface area (Å²) in [5, 5.41) is 0. The van der Waals surface area contributed by atoms with E-state index in [1.54, 1.807) is 0 Å². The molecule has 3 aromatic carbocycles. The summed E-state index contributed by atoms with van der Waals surface area (Å²) < 4.78 is 6.15. The molecule has 0 saturated heterocycles. The number of carbonyl (C=O) groups excluding carboxylic acids is 2. The van der Waals surface area contributed by atoms with Gasteiger partial charge in [0, 0.05) is 18.4 Å². The van der Waals surface area contributed by atoms with E-state index in [9.17, 15) is 9.59 Å². The van der Waals surface area contributed by atoms with Gasteiger partial charge in [0.15, 0.2) is 0 Å². The Bertz CT molecular complexity index is 1070. The highest BCUT2D eigenvalue weighted by molar-refractivity contribution is 6.02. The van der Waals surface area contributed by atoms with Gasteiger partial charge in [-0.3, -0.25) is 9.59 Å². The van der Waals surface area contributed by atoms with Crippen molar-refractivity contribution < 1.29 is 14.3 Å². The van der Waals surface area contributed by atoms with Gasteiger partial charge >= 0.3 is 5.97 Å². The Hall–Kier alpha value is -3.24. The quantitative estimate of drug-likeness (QED) is 0.365. The predicted molar refractivity (Wildman–Crippen MR) is 130 cm³/mol. The number of likely N-dealkylation sites (N-methyl/N-ethyl adjacent to an activating group) is 1. The lowest BCUT2D eigenvalue weighted by atomic mass is 9.80. The maximum absolute atomic E-state index is 13.7. The van der Waals surface area contributed by atoms with Crippen LogP contribution < -0.4 is 0 Å². The van der Waals surface area contributed by atoms with Crippen LogP contribution in [-0.4, -0.2) is 36.8 Å². The minimum atomic E-state index is -0.821. The molecule has 3 aromatic rings. The van der Waals surface area contributed by atoms with Gasteiger partial charge in [0.05, 0.1) is 0 Å². The summed E-state index contributed by atoms with van der Waals surface area (Å²) in [4.78, 5) is 29.0. The first kappa shape index (κ1) is 22.9. The number of nitrogens with zero attached hydrogens (tertiary/aromatic N) is 1. The van der Waals surface area contributed by atoms with Crippen LogP contribution in [-0.2, 0) is 14.3 Å². The number of ketones is 1. The lowest BCUT2D eigenvalue weighted by Gasteiger charge is -2.31. The van der Waals surface area contributed by atoms with Gasteiger partial charge in [-0.05, 0) is 43.6 Å². The van der Waals surface area contributed by atoms with E-state index in [2.05, 4.69) is 0 Å². The number of hydrogen-bond acceptors (Lipinski definition) is 4. The van der Waals surface area contributed by atoms with Gasteiger partial charge in [-0.1, -0.05) is 91.0 Å². The van der Waals surface area contributed by atoms with Crippen molar-refractivity contribution in [3.8, 4) is 0 Å². The van der Waals surface area contributed by atoms with Gasteiger partial charge < -0.3 is 9.64 Å². The van der Waals surface area contributed by atoms with Crippen LogP contribution in [0.2, 0.25) is 0 Å². The third-order valence-corrected chi connectivity index (χ3v) is 6.85. The zero-order chi connectivity index (χ0) is 23.4. The van der Waals surface area contributed by atoms with Gasteiger partial charge in [0.25, 0.3) is 0 Å². The largest absolute Gasteiger partial charge is 0.455 e. The molecule has 0 aliphatic heterocycles. The number of carbonyl (C=O) groups is 2. The molecular formula is C29H31NO3. The fourth-order valence-electron chi connectivity index (χ4n) is 4.86. The molecule has 4 rings (SSSR count). The molecule has 0 N–H and O–H groups in total. The SMILES string of the molecule is C[C@@H]([C@H](OC(=O)[C@@H]1C(=O)C[C@H](c2ccccc2)[C@H]1c1ccccc1)c1ccccc1)N(C)C. The third-order valence-electron chi connectivity index (χ3n) is 6.85. The molecule has 1 aliphatic carbocycles. The maximum Gasteiger partial charge on any atom is 0.317 e. The minimum absolute atomic E-state index is 0.0482. The van der Waals surface area contributed by atoms with E-state index < -0.39 is 18.0 Å². The molecule has 0 radical (unpaired) electrons. The van der Waals surface area contributed by atoms with Gasteiger partial charge in [0.2, 0.25) is 0 Å². The van der Waals surface area contributed by atoms with E-state index in [-0.39, 0.29) is 23.7 Å². The van der Waals surface area contributed by atoms with E-state index in [0.29, 0.717) is 6.42 Å². The van der Waals surface area contributed by atoms with Crippen molar-refractivity contribution in [1.82, 2.24) is 4.90 Å². The molecule has 0 amide bonds. The van der Waals surface area contributed by atoms with E-state index in [0.717, 1.165) is 16.7 Å². The molecule has 170 valence electrons. The summed E-state index contributed by atoms with van der Waals surface area (Å²) >= 11 is 0. The molecule has 1 aliphatic rings. The van der Waals surface area contributed by atoms with Crippen molar-refractivity contribution in [2.24, 2.45) is 5.92 Å². The molecule has 0 aromatic heterocycles. The zero-order valence-corrected chi connectivity index (χ0v) is 19.4. The van der Waals surface area contributed by atoms with Crippen LogP contribution in [0.5, 0.6) is 0 Å². The maximum atomic E-state index is 13.7. The molecule has 1 saturated carbocycles. The molecule has 5 atom stereocenters. The Kier molecular flexibility index (Phi) is 7.05. The van der Waals surface area contributed by atoms with E-state index >= 15 is 0 Å². The Labute approximate surface area is 196 Å². The summed E-state index contributed by atoms with van der Waals surface area (Å²) in [5.41, 5.74) is 3.00. The van der Waals surface area contributed by atoms with Crippen molar-refractivity contribution >= 4 is 11.8 Å². The van der Waals surface area contributed by atoms with Gasteiger partial charge in [0.1, 0.15) is 17.8 Å². The number of rotatable bonds is 7. The van der Waals surface area contributed by atoms with Crippen molar-refractivity contribution in [3.63, 3.8) is 0 Å². The molecule has 0 heterocycles. The highest BCUT2D eigenvalue weighted by Crippen LogP contribution is 2.48. The normalized spacial score (nSPS) is 22.2. The standard InChI is InChI=1S/C29H31NO3/c1-20(30(2)3)28(23-17-11-6-12-18-23)33-29(32)27-25(31)19-24(21-13-7-4-8-14-21)26(27)22-15-9-5-10-16-22/h4-18,20,24,26-28H,19H2,1-3H3/t20-,24+,26+,27+,28-/m0/s1. The van der Waals surface area contributed by atoms with E-state index in [4.69, 9.17) is 4.74 Å². The summed E-state index contributed by atoms with van der Waals surface area (Å²) in [5.74, 6) is -1.61. The Morgan fingerprint density at radius 2 is 1.36 bits per heavy atom. The topological polar surface area (TPSA) is 46.6 Å². The van der Waals surface area contributed by atoms with Crippen molar-refractivity contribution in [3.05, 3.63) is 108 Å². The first-order valence-electron chi connectivity index (χ1n) is 11.5. The number of benzene rings is 3. The Morgan fingerprint density at radius 1 is 0.848 bits per heavy atom. The second kappa shape index (κ2) is 10.1. The lowest BCUT2D eigenvalue weighted by Crippen LogP contribution is -2.36. The first-order valence-corrected chi connectivity index (χ1v) is 11.5. The Balaban J connectivity index is 1.69. The fraction of sp³-hybridized carbons (Fsp3) is 0.310. The van der Waals surface area contributed by atoms with Gasteiger partial charge in [-0.25, -0.2) is 0 Å². The average Bonchev–Trinajstić information content (AvgIpc) is 3.20. The average molecular weight is 442 g/mol. The number of ether oxygens (including phenoxy) is 1. The predicted octanol–water partition coefficient (Wildman–Crippen LogP) is 5.38. The van der Waals surface area contributed by atoms with Crippen LogP contribution >= 0.6 is 0 Å². The van der Waals surface area contributed by atoms with E-state index in [1.165, 1.54) is 0 Å². The first-order chi connectivity index (χ1) is 16.0. The third kappa shape index (κ3) is 4.91. The molecular weight excluding hydrogens is 410 g/mol. The smallest absolute Gasteiger partial charge is 0.317 e. The number of hydrogen-bond donors (Lipinski definition) is 0. The van der Waals surface area contributed by atoms with Crippen LogP contribution in [0.4, 0.5) is 0 Å². The molecule has 33 heavy (non-hydrogen) atoms. The van der Waals surface area contributed by atoms with Gasteiger partial charge in [-0.15, -0.1) is 0 Å². The van der Waals surface area contributed by atoms with Crippen LogP contribution in [0.3, 0.4) is 0 Å². The molecule has 4 heteroatoms. The Morgan fingerprint density at radius 3 is 1.91 bits per heavy atom. The van der Waals surface area contributed by atoms with Gasteiger partial charge in [-0.2, -0.15) is 0 Å².